The van der Waals surface area contributed by atoms with Crippen molar-refractivity contribution >= 4 is 51.2 Å². The Morgan fingerprint density at radius 2 is 1.77 bits per heavy atom. The van der Waals surface area contributed by atoms with Crippen molar-refractivity contribution in [3.05, 3.63) is 28.7 Å². The molecule has 5 N–H and O–H groups in total. The Morgan fingerprint density at radius 1 is 1.19 bits per heavy atom. The number of halogens is 1. The van der Waals surface area contributed by atoms with Crippen LogP contribution in [0.15, 0.2) is 28.7 Å². The molecule has 1 aromatic carbocycles. The SMILES string of the molecule is CC(C)C1(CC(=O)NC(C)(C)C(=O)O)NC(=O)C(NC(=O)Nc2ccc(Br)cc2)C1=O. The van der Waals surface area contributed by atoms with Crippen LogP contribution in [0, 0.1) is 5.92 Å². The van der Waals surface area contributed by atoms with Crippen LogP contribution in [0.4, 0.5) is 10.5 Å². The zero-order valence-corrected chi connectivity index (χ0v) is 19.1. The van der Waals surface area contributed by atoms with Crippen molar-refractivity contribution in [1.29, 1.82) is 0 Å². The third-order valence-electron chi connectivity index (χ3n) is 5.10. The lowest BCUT2D eigenvalue weighted by Crippen LogP contribution is -2.58. The predicted molar refractivity (Wildman–Crippen MR) is 115 cm³/mol. The van der Waals surface area contributed by atoms with E-state index >= 15 is 0 Å². The number of carbonyl (C=O) groups excluding carboxylic acids is 4. The van der Waals surface area contributed by atoms with E-state index < -0.39 is 59.1 Å². The highest BCUT2D eigenvalue weighted by atomic mass is 79.9. The first kappa shape index (κ1) is 24.3. The molecular formula is C20H25BrN4O6. The summed E-state index contributed by atoms with van der Waals surface area (Å²) in [7, 11) is 0. The lowest BCUT2D eigenvalue weighted by atomic mass is 9.79. The molecule has 10 nitrogen and oxygen atoms in total. The molecule has 1 aliphatic rings. The Labute approximate surface area is 187 Å². The molecule has 2 rings (SSSR count). The lowest BCUT2D eigenvalue weighted by molar-refractivity contribution is -0.146. The zero-order valence-electron chi connectivity index (χ0n) is 17.5. The van der Waals surface area contributed by atoms with E-state index in [2.05, 4.69) is 37.2 Å². The molecule has 4 amide bonds. The first-order chi connectivity index (χ1) is 14.3. The van der Waals surface area contributed by atoms with E-state index in [0.717, 1.165) is 4.47 Å². The monoisotopic (exact) mass is 496 g/mol. The Balaban J connectivity index is 2.14. The molecule has 1 fully saturated rings. The normalized spacial score (nSPS) is 20.9. The van der Waals surface area contributed by atoms with Crippen molar-refractivity contribution in [2.45, 2.75) is 51.2 Å². The van der Waals surface area contributed by atoms with E-state index in [-0.39, 0.29) is 0 Å². The minimum Gasteiger partial charge on any atom is -0.480 e. The van der Waals surface area contributed by atoms with Gasteiger partial charge in [-0.1, -0.05) is 29.8 Å². The number of anilines is 1. The van der Waals surface area contributed by atoms with Crippen molar-refractivity contribution in [3.63, 3.8) is 0 Å². The van der Waals surface area contributed by atoms with Gasteiger partial charge in [-0.2, -0.15) is 0 Å². The minimum atomic E-state index is -1.58. The van der Waals surface area contributed by atoms with E-state index in [1.165, 1.54) is 13.8 Å². The Morgan fingerprint density at radius 3 is 2.29 bits per heavy atom. The van der Waals surface area contributed by atoms with Crippen LogP contribution in [0.25, 0.3) is 0 Å². The maximum absolute atomic E-state index is 13.1. The molecule has 2 atom stereocenters. The first-order valence-corrected chi connectivity index (χ1v) is 10.3. The molecule has 11 heteroatoms. The Bertz CT molecular complexity index is 915. The number of carbonyl (C=O) groups is 5. The number of ketones is 1. The molecule has 0 radical (unpaired) electrons. The zero-order chi connectivity index (χ0) is 23.6. The summed E-state index contributed by atoms with van der Waals surface area (Å²) in [5.41, 5.74) is -2.68. The van der Waals surface area contributed by atoms with Crippen LogP contribution in [0.3, 0.4) is 0 Å². The molecule has 168 valence electrons. The van der Waals surface area contributed by atoms with E-state index in [0.29, 0.717) is 5.69 Å². The first-order valence-electron chi connectivity index (χ1n) is 9.52. The number of urea groups is 1. The Hall–Kier alpha value is -2.95. The summed E-state index contributed by atoms with van der Waals surface area (Å²) < 4.78 is 0.815. The summed E-state index contributed by atoms with van der Waals surface area (Å²) in [5.74, 6) is -3.86. The second kappa shape index (κ2) is 9.04. The number of benzene rings is 1. The van der Waals surface area contributed by atoms with Gasteiger partial charge >= 0.3 is 12.0 Å². The van der Waals surface area contributed by atoms with Crippen LogP contribution >= 0.6 is 15.9 Å². The predicted octanol–water partition coefficient (Wildman–Crippen LogP) is 1.40. The average Bonchev–Trinajstić information content (AvgIpc) is 2.88. The van der Waals surface area contributed by atoms with Gasteiger partial charge in [0.05, 0.1) is 6.42 Å². The fraction of sp³-hybridized carbons (Fsp3) is 0.450. The molecule has 1 heterocycles. The van der Waals surface area contributed by atoms with Gasteiger partial charge in [-0.25, -0.2) is 9.59 Å². The number of aliphatic carboxylic acids is 1. The minimum absolute atomic E-state index is 0.456. The molecule has 0 aliphatic carbocycles. The van der Waals surface area contributed by atoms with Gasteiger partial charge in [0.25, 0.3) is 5.91 Å². The molecule has 0 bridgehead atoms. The van der Waals surface area contributed by atoms with Gasteiger partial charge in [0.2, 0.25) is 5.91 Å². The van der Waals surface area contributed by atoms with Crippen molar-refractivity contribution in [3.8, 4) is 0 Å². The van der Waals surface area contributed by atoms with Crippen LogP contribution in [0.5, 0.6) is 0 Å². The molecule has 1 aliphatic heterocycles. The number of hydrogen-bond donors (Lipinski definition) is 5. The van der Waals surface area contributed by atoms with Crippen LogP contribution in [0.1, 0.15) is 34.1 Å². The van der Waals surface area contributed by atoms with Gasteiger partial charge in [0.1, 0.15) is 11.1 Å². The van der Waals surface area contributed by atoms with Gasteiger partial charge in [0.15, 0.2) is 11.8 Å². The van der Waals surface area contributed by atoms with E-state index in [1.807, 2.05) is 0 Å². The highest BCUT2D eigenvalue weighted by Crippen LogP contribution is 2.29. The number of Topliss-reactive ketones (excluding diaryl/α,β-unsaturated/α-hetero) is 1. The highest BCUT2D eigenvalue weighted by molar-refractivity contribution is 9.10. The standard InChI is InChI=1S/C20H25BrN4O6/c1-10(2)20(9-13(26)24-19(3,4)17(29)30)15(27)14(16(28)25-20)23-18(31)22-12-7-5-11(21)6-8-12/h5-8,10,14H,9H2,1-4H3,(H,24,26)(H,25,28)(H,29,30)(H2,22,23,31). The number of carboxylic acid groups (broad SMARTS) is 1. The van der Waals surface area contributed by atoms with Gasteiger partial charge in [-0.15, -0.1) is 0 Å². The summed E-state index contributed by atoms with van der Waals surface area (Å²) in [6.45, 7) is 5.92. The summed E-state index contributed by atoms with van der Waals surface area (Å²) in [4.78, 5) is 61.7. The Kier molecular flexibility index (Phi) is 7.10. The third kappa shape index (κ3) is 5.40. The van der Waals surface area contributed by atoms with Crippen molar-refractivity contribution in [2.24, 2.45) is 5.92 Å². The molecule has 0 spiro atoms. The molecule has 2 unspecified atom stereocenters. The quantitative estimate of drug-likeness (QED) is 0.359. The van der Waals surface area contributed by atoms with Gasteiger partial charge in [-0.3, -0.25) is 14.4 Å². The van der Waals surface area contributed by atoms with E-state index in [1.54, 1.807) is 38.1 Å². The maximum atomic E-state index is 13.1. The summed E-state index contributed by atoms with van der Waals surface area (Å²) in [5, 5.41) is 18.9. The number of amides is 4. The number of nitrogens with one attached hydrogen (secondary N) is 4. The lowest BCUT2D eigenvalue weighted by Gasteiger charge is -2.32. The number of hydrogen-bond acceptors (Lipinski definition) is 5. The molecule has 1 aromatic rings. The van der Waals surface area contributed by atoms with E-state index in [9.17, 15) is 29.1 Å². The fourth-order valence-corrected chi connectivity index (χ4v) is 3.42. The van der Waals surface area contributed by atoms with Gasteiger partial charge in [0, 0.05) is 10.2 Å². The topological polar surface area (TPSA) is 154 Å². The highest BCUT2D eigenvalue weighted by Gasteiger charge is 2.56. The second-order valence-electron chi connectivity index (χ2n) is 8.17. The molecule has 1 saturated heterocycles. The summed E-state index contributed by atoms with van der Waals surface area (Å²) >= 11 is 3.28. The van der Waals surface area contributed by atoms with Crippen molar-refractivity contribution in [2.75, 3.05) is 5.32 Å². The second-order valence-corrected chi connectivity index (χ2v) is 9.09. The van der Waals surface area contributed by atoms with Crippen LogP contribution in [0.2, 0.25) is 0 Å². The van der Waals surface area contributed by atoms with E-state index in [4.69, 9.17) is 0 Å². The van der Waals surface area contributed by atoms with Crippen LogP contribution in [-0.4, -0.2) is 51.8 Å². The van der Waals surface area contributed by atoms with Gasteiger partial charge < -0.3 is 26.4 Å². The van der Waals surface area contributed by atoms with Gasteiger partial charge in [-0.05, 0) is 44.0 Å². The number of carboxylic acids is 1. The average molecular weight is 497 g/mol. The molecule has 0 aromatic heterocycles. The largest absolute Gasteiger partial charge is 0.480 e. The summed E-state index contributed by atoms with van der Waals surface area (Å²) in [6, 6.07) is 4.44. The molecule has 31 heavy (non-hydrogen) atoms. The third-order valence-corrected chi connectivity index (χ3v) is 5.63. The molecule has 0 saturated carbocycles. The number of rotatable bonds is 7. The summed E-state index contributed by atoms with van der Waals surface area (Å²) in [6.07, 6.45) is -0.460. The molecular weight excluding hydrogens is 472 g/mol. The fourth-order valence-electron chi connectivity index (χ4n) is 3.16. The van der Waals surface area contributed by atoms with Crippen LogP contribution in [-0.2, 0) is 19.2 Å². The van der Waals surface area contributed by atoms with Crippen molar-refractivity contribution in [1.82, 2.24) is 16.0 Å². The smallest absolute Gasteiger partial charge is 0.328 e. The maximum Gasteiger partial charge on any atom is 0.328 e. The van der Waals surface area contributed by atoms with Crippen LogP contribution < -0.4 is 21.3 Å². The van der Waals surface area contributed by atoms with Crippen molar-refractivity contribution < 1.29 is 29.1 Å².